The van der Waals surface area contributed by atoms with Crippen LogP contribution in [-0.2, 0) is 9.53 Å². The van der Waals surface area contributed by atoms with E-state index in [2.05, 4.69) is 19.2 Å². The van der Waals surface area contributed by atoms with Gasteiger partial charge in [-0.2, -0.15) is 0 Å². The fourth-order valence-electron chi connectivity index (χ4n) is 1.95. The molecule has 0 bridgehead atoms. The fraction of sp³-hybridized carbons (Fsp3) is 0.579. The Hall–Kier alpha value is -2.08. The number of hydrogen-bond donors (Lipinski definition) is 2. The zero-order valence-corrected chi connectivity index (χ0v) is 15.7. The number of rotatable bonds is 9. The van der Waals surface area contributed by atoms with Gasteiger partial charge in [0.25, 0.3) is 5.91 Å². The number of hydrogen-bond acceptors (Lipinski definition) is 4. The Bertz CT molecular complexity index is 560. The smallest absolute Gasteiger partial charge is 0.326 e. The minimum absolute atomic E-state index is 0.202. The monoisotopic (exact) mass is 351 g/mol. The molecule has 0 radical (unpaired) electrons. The molecule has 0 spiro atoms. The zero-order valence-electron chi connectivity index (χ0n) is 15.7. The highest BCUT2D eigenvalue weighted by Gasteiger charge is 2.21. The number of carboxylic acids is 1. The van der Waals surface area contributed by atoms with Gasteiger partial charge in [-0.15, -0.1) is 0 Å². The normalized spacial score (nSPS) is 12.7. The second-order valence-corrected chi connectivity index (χ2v) is 7.34. The quantitative estimate of drug-likeness (QED) is 0.714. The maximum atomic E-state index is 12.2. The summed E-state index contributed by atoms with van der Waals surface area (Å²) in [5.74, 6) is -0.422. The molecule has 1 aromatic rings. The van der Waals surface area contributed by atoms with Crippen LogP contribution in [0.4, 0.5) is 0 Å². The Kier molecular flexibility index (Phi) is 7.90. The van der Waals surface area contributed by atoms with Gasteiger partial charge in [0.15, 0.2) is 0 Å². The van der Waals surface area contributed by atoms with Crippen LogP contribution in [-0.4, -0.2) is 41.8 Å². The van der Waals surface area contributed by atoms with Crippen LogP contribution in [0.2, 0.25) is 0 Å². The van der Waals surface area contributed by atoms with Crippen LogP contribution in [0.3, 0.4) is 0 Å². The first-order chi connectivity index (χ1) is 11.6. The van der Waals surface area contributed by atoms with Gasteiger partial charge in [0.05, 0.1) is 12.2 Å². The molecule has 2 N–H and O–H groups in total. The Morgan fingerprint density at radius 1 is 1.16 bits per heavy atom. The molecule has 25 heavy (non-hydrogen) atoms. The summed E-state index contributed by atoms with van der Waals surface area (Å²) in [6.07, 6.45) is 0.202. The average molecular weight is 351 g/mol. The highest BCUT2D eigenvalue weighted by Crippen LogP contribution is 2.14. The van der Waals surface area contributed by atoms with Crippen molar-refractivity contribution in [1.29, 1.82) is 0 Å². The highest BCUT2D eigenvalue weighted by atomic mass is 16.5. The molecule has 0 aliphatic carbocycles. The van der Waals surface area contributed by atoms with Crippen molar-refractivity contribution in [1.82, 2.24) is 5.32 Å². The molecule has 0 heterocycles. The van der Waals surface area contributed by atoms with Gasteiger partial charge in [-0.3, -0.25) is 4.79 Å². The van der Waals surface area contributed by atoms with Gasteiger partial charge in [-0.05, 0) is 51.0 Å². The van der Waals surface area contributed by atoms with Crippen LogP contribution in [0.5, 0.6) is 5.75 Å². The van der Waals surface area contributed by atoms with Gasteiger partial charge in [-0.1, -0.05) is 13.8 Å². The summed E-state index contributed by atoms with van der Waals surface area (Å²) < 4.78 is 11.1. The minimum Gasteiger partial charge on any atom is -0.493 e. The second kappa shape index (κ2) is 9.42. The number of amides is 1. The van der Waals surface area contributed by atoms with Crippen molar-refractivity contribution in [3.63, 3.8) is 0 Å². The lowest BCUT2D eigenvalue weighted by Crippen LogP contribution is -2.42. The molecule has 6 heteroatoms. The number of carbonyl (C=O) groups excluding carboxylic acids is 1. The number of ether oxygens (including phenoxy) is 2. The van der Waals surface area contributed by atoms with E-state index in [0.717, 1.165) is 0 Å². The van der Waals surface area contributed by atoms with E-state index in [4.69, 9.17) is 9.47 Å². The Morgan fingerprint density at radius 2 is 1.76 bits per heavy atom. The topological polar surface area (TPSA) is 84.9 Å². The summed E-state index contributed by atoms with van der Waals surface area (Å²) in [6, 6.07) is 5.66. The predicted molar refractivity (Wildman–Crippen MR) is 96.0 cm³/mol. The first-order valence-electron chi connectivity index (χ1n) is 8.49. The third-order valence-corrected chi connectivity index (χ3v) is 3.24. The molecule has 0 aromatic heterocycles. The molecule has 140 valence electrons. The fourth-order valence-corrected chi connectivity index (χ4v) is 1.95. The van der Waals surface area contributed by atoms with E-state index in [1.807, 2.05) is 20.8 Å². The molecule has 0 aliphatic heterocycles. The molecular weight excluding hydrogens is 322 g/mol. The van der Waals surface area contributed by atoms with Gasteiger partial charge in [0, 0.05) is 18.6 Å². The van der Waals surface area contributed by atoms with E-state index in [9.17, 15) is 14.7 Å². The van der Waals surface area contributed by atoms with Gasteiger partial charge in [-0.25, -0.2) is 4.79 Å². The molecule has 0 fully saturated rings. The van der Waals surface area contributed by atoms with E-state index in [-0.39, 0.29) is 18.6 Å². The lowest BCUT2D eigenvalue weighted by Gasteiger charge is -2.21. The highest BCUT2D eigenvalue weighted by molar-refractivity contribution is 5.96. The summed E-state index contributed by atoms with van der Waals surface area (Å²) in [5, 5.41) is 11.8. The largest absolute Gasteiger partial charge is 0.493 e. The Morgan fingerprint density at radius 3 is 2.24 bits per heavy atom. The van der Waals surface area contributed by atoms with Gasteiger partial charge in [0.2, 0.25) is 0 Å². The zero-order chi connectivity index (χ0) is 19.0. The summed E-state index contributed by atoms with van der Waals surface area (Å²) in [7, 11) is 0. The van der Waals surface area contributed by atoms with Crippen molar-refractivity contribution in [3.05, 3.63) is 29.8 Å². The van der Waals surface area contributed by atoms with Crippen LogP contribution in [0, 0.1) is 5.92 Å². The van der Waals surface area contributed by atoms with E-state index in [1.165, 1.54) is 0 Å². The Labute approximate surface area is 149 Å². The summed E-state index contributed by atoms with van der Waals surface area (Å²) >= 11 is 0. The molecular formula is C19H29NO5. The Balaban J connectivity index is 2.60. The summed E-state index contributed by atoms with van der Waals surface area (Å²) in [5.41, 5.74) is 0.0405. The number of aliphatic carboxylic acids is 1. The van der Waals surface area contributed by atoms with E-state index < -0.39 is 17.9 Å². The molecule has 1 unspecified atom stereocenters. The van der Waals surface area contributed by atoms with Crippen molar-refractivity contribution in [2.24, 2.45) is 5.92 Å². The van der Waals surface area contributed by atoms with Crippen molar-refractivity contribution < 1.29 is 24.2 Å². The van der Waals surface area contributed by atoms with Crippen molar-refractivity contribution in [3.8, 4) is 5.75 Å². The molecule has 1 rings (SSSR count). The van der Waals surface area contributed by atoms with Crippen LogP contribution in [0.25, 0.3) is 0 Å². The van der Waals surface area contributed by atoms with Crippen molar-refractivity contribution in [2.75, 3.05) is 13.2 Å². The van der Waals surface area contributed by atoms with Gasteiger partial charge < -0.3 is 19.9 Å². The summed E-state index contributed by atoms with van der Waals surface area (Å²) in [4.78, 5) is 23.6. The molecule has 6 nitrogen and oxygen atoms in total. The van der Waals surface area contributed by atoms with E-state index >= 15 is 0 Å². The number of benzene rings is 1. The van der Waals surface area contributed by atoms with Gasteiger partial charge >= 0.3 is 5.97 Å². The molecule has 1 amide bonds. The van der Waals surface area contributed by atoms with Crippen LogP contribution < -0.4 is 10.1 Å². The number of nitrogens with one attached hydrogen (secondary N) is 1. The molecule has 0 saturated heterocycles. The minimum atomic E-state index is -1.08. The maximum absolute atomic E-state index is 12.2. The first-order valence-corrected chi connectivity index (χ1v) is 8.49. The third kappa shape index (κ3) is 8.54. The van der Waals surface area contributed by atoms with Crippen LogP contribution >= 0.6 is 0 Å². The SMILES string of the molecule is CC(C)COc1ccc(C(=O)NC(CCOC(C)(C)C)C(=O)O)cc1. The van der Waals surface area contributed by atoms with Crippen LogP contribution in [0.15, 0.2) is 24.3 Å². The number of carboxylic acid groups (broad SMARTS) is 1. The number of carbonyl (C=O) groups is 2. The van der Waals surface area contributed by atoms with Gasteiger partial charge in [0.1, 0.15) is 11.8 Å². The molecule has 0 aliphatic rings. The lowest BCUT2D eigenvalue weighted by atomic mass is 10.1. The average Bonchev–Trinajstić information content (AvgIpc) is 2.51. The molecule has 0 saturated carbocycles. The van der Waals surface area contributed by atoms with Crippen molar-refractivity contribution in [2.45, 2.75) is 52.7 Å². The summed E-state index contributed by atoms with van der Waals surface area (Å²) in [6.45, 7) is 10.6. The maximum Gasteiger partial charge on any atom is 0.326 e. The van der Waals surface area contributed by atoms with Crippen molar-refractivity contribution >= 4 is 11.9 Å². The van der Waals surface area contributed by atoms with Crippen LogP contribution in [0.1, 0.15) is 51.4 Å². The third-order valence-electron chi connectivity index (χ3n) is 3.24. The molecule has 1 aromatic carbocycles. The predicted octanol–water partition coefficient (Wildman–Crippen LogP) is 3.11. The lowest BCUT2D eigenvalue weighted by molar-refractivity contribution is -0.140. The van der Waals surface area contributed by atoms with E-state index in [0.29, 0.717) is 23.8 Å². The first kappa shape index (κ1) is 21.0. The molecule has 1 atom stereocenters. The second-order valence-electron chi connectivity index (χ2n) is 7.34. The standard InChI is InChI=1S/C19H29NO5/c1-13(2)12-24-15-8-6-14(7-9-15)17(21)20-16(18(22)23)10-11-25-19(3,4)5/h6-9,13,16H,10-12H2,1-5H3,(H,20,21)(H,22,23). The van der Waals surface area contributed by atoms with E-state index in [1.54, 1.807) is 24.3 Å².